The van der Waals surface area contributed by atoms with Crippen LogP contribution < -0.4 is 0 Å². The third-order valence-corrected chi connectivity index (χ3v) is 4.23. The van der Waals surface area contributed by atoms with Crippen molar-refractivity contribution in [2.24, 2.45) is 0 Å². The van der Waals surface area contributed by atoms with Crippen molar-refractivity contribution in [1.29, 1.82) is 0 Å². The molecule has 0 amide bonds. The molecule has 0 saturated heterocycles. The first-order valence-electron chi connectivity index (χ1n) is 8.01. The predicted octanol–water partition coefficient (Wildman–Crippen LogP) is 2.59. The van der Waals surface area contributed by atoms with Crippen molar-refractivity contribution in [2.75, 3.05) is 6.61 Å². The van der Waals surface area contributed by atoms with Gasteiger partial charge in [-0.15, -0.1) is 5.10 Å². The average molecular weight is 337 g/mol. The quantitative estimate of drug-likeness (QED) is 0.722. The largest absolute Gasteiger partial charge is 0.476 e. The molecule has 0 fully saturated rings. The van der Waals surface area contributed by atoms with Gasteiger partial charge in [0.25, 0.3) is 0 Å². The van der Waals surface area contributed by atoms with E-state index in [9.17, 15) is 9.90 Å². The van der Waals surface area contributed by atoms with Gasteiger partial charge < -0.3 is 10.2 Å². The summed E-state index contributed by atoms with van der Waals surface area (Å²) in [7, 11) is 0. The van der Waals surface area contributed by atoms with E-state index in [1.807, 2.05) is 54.6 Å². The molecule has 0 radical (unpaired) electrons. The summed E-state index contributed by atoms with van der Waals surface area (Å²) in [5.41, 5.74) is 3.25. The number of carboxylic acid groups (broad SMARTS) is 1. The van der Waals surface area contributed by atoms with Crippen LogP contribution in [0.1, 0.15) is 33.2 Å². The maximum Gasteiger partial charge on any atom is 0.358 e. The summed E-state index contributed by atoms with van der Waals surface area (Å²) < 4.78 is 1.50. The Morgan fingerprint density at radius 2 is 1.92 bits per heavy atom. The fourth-order valence-electron chi connectivity index (χ4n) is 2.87. The molecule has 6 heteroatoms. The molecule has 2 N–H and O–H groups in total. The van der Waals surface area contributed by atoms with Crippen LogP contribution in [-0.2, 0) is 6.42 Å². The first-order chi connectivity index (χ1) is 12.1. The Hall–Kier alpha value is -2.99. The molecule has 0 saturated carbocycles. The van der Waals surface area contributed by atoms with E-state index in [0.29, 0.717) is 5.69 Å². The van der Waals surface area contributed by atoms with Crippen molar-refractivity contribution in [1.82, 2.24) is 15.0 Å². The summed E-state index contributed by atoms with van der Waals surface area (Å²) in [6, 6.07) is 17.6. The third kappa shape index (κ3) is 3.59. The molecule has 0 spiro atoms. The molecule has 0 aliphatic carbocycles. The van der Waals surface area contributed by atoms with E-state index < -0.39 is 5.97 Å². The molecular weight excluding hydrogens is 318 g/mol. The summed E-state index contributed by atoms with van der Waals surface area (Å²) in [4.78, 5) is 11.1. The lowest BCUT2D eigenvalue weighted by Gasteiger charge is -2.16. The van der Waals surface area contributed by atoms with E-state index in [4.69, 9.17) is 5.11 Å². The first-order valence-corrected chi connectivity index (χ1v) is 8.01. The monoisotopic (exact) mass is 337 g/mol. The van der Waals surface area contributed by atoms with Gasteiger partial charge in [-0.25, -0.2) is 9.48 Å². The zero-order valence-electron chi connectivity index (χ0n) is 13.8. The molecule has 128 valence electrons. The highest BCUT2D eigenvalue weighted by Crippen LogP contribution is 2.23. The number of aliphatic hydroxyl groups excluding tert-OH is 1. The van der Waals surface area contributed by atoms with Crippen molar-refractivity contribution >= 4 is 5.97 Å². The number of rotatable bonds is 6. The normalized spacial score (nSPS) is 12.1. The number of carbonyl (C=O) groups is 1. The van der Waals surface area contributed by atoms with Crippen molar-refractivity contribution in [3.8, 4) is 5.69 Å². The number of hydrogen-bond acceptors (Lipinski definition) is 4. The minimum absolute atomic E-state index is 0.0229. The number of aromatic nitrogens is 3. The smallest absolute Gasteiger partial charge is 0.358 e. The molecule has 0 aliphatic rings. The van der Waals surface area contributed by atoms with E-state index in [2.05, 4.69) is 10.3 Å². The summed E-state index contributed by atoms with van der Waals surface area (Å²) in [5.74, 6) is -1.15. The van der Waals surface area contributed by atoms with Crippen LogP contribution in [0.15, 0.2) is 54.6 Å². The zero-order chi connectivity index (χ0) is 17.8. The Kier molecular flexibility index (Phi) is 4.90. The van der Waals surface area contributed by atoms with E-state index in [1.54, 1.807) is 6.92 Å². The lowest BCUT2D eigenvalue weighted by molar-refractivity contribution is 0.0689. The van der Waals surface area contributed by atoms with Gasteiger partial charge in [-0.1, -0.05) is 47.7 Å². The lowest BCUT2D eigenvalue weighted by Crippen LogP contribution is -2.09. The standard InChI is InChI=1S/C19H19N3O3/c1-13-18(19(24)25)20-21-22(13)17-9-5-8-15(11-17)16(12-23)10-14-6-3-2-4-7-14/h2-9,11,16,23H,10,12H2,1H3,(H,24,25). The second-order valence-corrected chi connectivity index (χ2v) is 5.90. The number of aliphatic hydroxyl groups is 1. The molecular formula is C19H19N3O3. The molecule has 3 aromatic rings. The summed E-state index contributed by atoms with van der Waals surface area (Å²) >= 11 is 0. The number of nitrogens with zero attached hydrogens (tertiary/aromatic N) is 3. The maximum absolute atomic E-state index is 11.1. The number of carboxylic acids is 1. The van der Waals surface area contributed by atoms with Gasteiger partial charge in [0.1, 0.15) is 0 Å². The predicted molar refractivity (Wildman–Crippen MR) is 93.0 cm³/mol. The van der Waals surface area contributed by atoms with Crippen LogP contribution in [0.3, 0.4) is 0 Å². The topological polar surface area (TPSA) is 88.2 Å². The van der Waals surface area contributed by atoms with Gasteiger partial charge in [-0.3, -0.25) is 0 Å². The Balaban J connectivity index is 1.91. The summed E-state index contributed by atoms with van der Waals surface area (Å²) in [6.45, 7) is 1.69. The molecule has 6 nitrogen and oxygen atoms in total. The molecule has 1 unspecified atom stereocenters. The number of benzene rings is 2. The molecule has 25 heavy (non-hydrogen) atoms. The van der Waals surface area contributed by atoms with Crippen LogP contribution in [0.4, 0.5) is 0 Å². The molecule has 1 heterocycles. The van der Waals surface area contributed by atoms with Gasteiger partial charge in [0.15, 0.2) is 5.69 Å². The van der Waals surface area contributed by atoms with Gasteiger partial charge in [0, 0.05) is 5.92 Å². The SMILES string of the molecule is Cc1c(C(=O)O)nnn1-c1cccc(C(CO)Cc2ccccc2)c1. The Morgan fingerprint density at radius 1 is 1.16 bits per heavy atom. The van der Waals surface area contributed by atoms with Crippen molar-refractivity contribution in [2.45, 2.75) is 19.3 Å². The van der Waals surface area contributed by atoms with E-state index >= 15 is 0 Å². The Morgan fingerprint density at radius 3 is 2.56 bits per heavy atom. The van der Waals surface area contributed by atoms with E-state index in [-0.39, 0.29) is 18.2 Å². The Bertz CT molecular complexity index is 875. The molecule has 3 rings (SSSR count). The van der Waals surface area contributed by atoms with Crippen LogP contribution in [0.2, 0.25) is 0 Å². The Labute approximate surface area is 145 Å². The highest BCUT2D eigenvalue weighted by atomic mass is 16.4. The minimum Gasteiger partial charge on any atom is -0.476 e. The molecule has 0 aliphatic heterocycles. The van der Waals surface area contributed by atoms with Crippen LogP contribution in [0.25, 0.3) is 5.69 Å². The summed E-state index contributed by atoms with van der Waals surface area (Å²) in [6.07, 6.45) is 0.720. The molecule has 2 aromatic carbocycles. The minimum atomic E-state index is -1.10. The second kappa shape index (κ2) is 7.27. The van der Waals surface area contributed by atoms with Crippen molar-refractivity contribution in [3.05, 3.63) is 77.1 Å². The van der Waals surface area contributed by atoms with Crippen LogP contribution in [0.5, 0.6) is 0 Å². The fraction of sp³-hybridized carbons (Fsp3) is 0.211. The maximum atomic E-state index is 11.1. The van der Waals surface area contributed by atoms with Gasteiger partial charge in [-0.2, -0.15) is 0 Å². The lowest BCUT2D eigenvalue weighted by atomic mass is 9.92. The van der Waals surface area contributed by atoms with Crippen LogP contribution in [0, 0.1) is 6.92 Å². The van der Waals surface area contributed by atoms with Gasteiger partial charge >= 0.3 is 5.97 Å². The van der Waals surface area contributed by atoms with Gasteiger partial charge in [-0.05, 0) is 36.6 Å². The highest BCUT2D eigenvalue weighted by Gasteiger charge is 2.17. The zero-order valence-corrected chi connectivity index (χ0v) is 13.8. The van der Waals surface area contributed by atoms with Crippen LogP contribution in [-0.4, -0.2) is 37.8 Å². The third-order valence-electron chi connectivity index (χ3n) is 4.23. The van der Waals surface area contributed by atoms with Crippen molar-refractivity contribution in [3.63, 3.8) is 0 Å². The molecule has 0 bridgehead atoms. The molecule has 1 aromatic heterocycles. The second-order valence-electron chi connectivity index (χ2n) is 5.90. The van der Waals surface area contributed by atoms with Gasteiger partial charge in [0.05, 0.1) is 18.0 Å². The van der Waals surface area contributed by atoms with Crippen molar-refractivity contribution < 1.29 is 15.0 Å². The molecule has 1 atom stereocenters. The first kappa shape index (κ1) is 16.9. The van der Waals surface area contributed by atoms with E-state index in [1.165, 1.54) is 4.68 Å². The van der Waals surface area contributed by atoms with E-state index in [0.717, 1.165) is 23.2 Å². The van der Waals surface area contributed by atoms with Crippen LogP contribution >= 0.6 is 0 Å². The fourth-order valence-corrected chi connectivity index (χ4v) is 2.87. The summed E-state index contributed by atoms with van der Waals surface area (Å²) in [5, 5.41) is 26.6. The number of aromatic carboxylic acids is 1. The average Bonchev–Trinajstić information content (AvgIpc) is 3.02. The highest BCUT2D eigenvalue weighted by molar-refractivity contribution is 5.86. The number of hydrogen-bond donors (Lipinski definition) is 2. The van der Waals surface area contributed by atoms with Gasteiger partial charge in [0.2, 0.25) is 0 Å².